The number of rotatable bonds is 6. The molecular formula is C17H22N2O2. The Morgan fingerprint density at radius 1 is 1.29 bits per heavy atom. The SMILES string of the molecule is Cc1ccc2cc(CN[C@@H](CC(C)C)C(=O)O)ccc2n1. The van der Waals surface area contributed by atoms with Crippen molar-refractivity contribution < 1.29 is 9.90 Å². The van der Waals surface area contributed by atoms with E-state index in [1.54, 1.807) is 0 Å². The zero-order valence-electron chi connectivity index (χ0n) is 12.8. The minimum Gasteiger partial charge on any atom is -0.480 e. The molecule has 0 bridgehead atoms. The van der Waals surface area contributed by atoms with Gasteiger partial charge in [-0.05, 0) is 43.0 Å². The second-order valence-electron chi connectivity index (χ2n) is 5.88. The van der Waals surface area contributed by atoms with Gasteiger partial charge in [0.25, 0.3) is 0 Å². The highest BCUT2D eigenvalue weighted by Gasteiger charge is 2.17. The quantitative estimate of drug-likeness (QED) is 0.856. The van der Waals surface area contributed by atoms with Gasteiger partial charge in [-0.15, -0.1) is 0 Å². The maximum absolute atomic E-state index is 11.2. The molecule has 2 aromatic rings. The van der Waals surface area contributed by atoms with Crippen LogP contribution in [0.2, 0.25) is 0 Å². The summed E-state index contributed by atoms with van der Waals surface area (Å²) in [5, 5.41) is 13.4. The highest BCUT2D eigenvalue weighted by atomic mass is 16.4. The molecule has 4 heteroatoms. The molecule has 0 fully saturated rings. The number of aliphatic carboxylic acids is 1. The molecule has 21 heavy (non-hydrogen) atoms. The van der Waals surface area contributed by atoms with Crippen molar-refractivity contribution in [2.24, 2.45) is 5.92 Å². The zero-order valence-corrected chi connectivity index (χ0v) is 12.8. The molecule has 1 aromatic carbocycles. The third-order valence-corrected chi connectivity index (χ3v) is 3.45. The highest BCUT2D eigenvalue weighted by molar-refractivity contribution is 5.79. The van der Waals surface area contributed by atoms with Crippen LogP contribution in [-0.4, -0.2) is 22.1 Å². The fourth-order valence-corrected chi connectivity index (χ4v) is 2.37. The van der Waals surface area contributed by atoms with Crippen molar-refractivity contribution in [1.29, 1.82) is 0 Å². The van der Waals surface area contributed by atoms with E-state index in [2.05, 4.69) is 16.4 Å². The van der Waals surface area contributed by atoms with Crippen molar-refractivity contribution in [2.45, 2.75) is 39.8 Å². The van der Waals surface area contributed by atoms with Crippen LogP contribution in [0.25, 0.3) is 10.9 Å². The largest absolute Gasteiger partial charge is 0.480 e. The zero-order chi connectivity index (χ0) is 15.4. The molecule has 0 amide bonds. The number of hydrogen-bond acceptors (Lipinski definition) is 3. The molecule has 4 nitrogen and oxygen atoms in total. The average molecular weight is 286 g/mol. The van der Waals surface area contributed by atoms with Crippen LogP contribution in [0.5, 0.6) is 0 Å². The number of aromatic nitrogens is 1. The fourth-order valence-electron chi connectivity index (χ4n) is 2.37. The summed E-state index contributed by atoms with van der Waals surface area (Å²) in [6.07, 6.45) is 0.629. The topological polar surface area (TPSA) is 62.2 Å². The van der Waals surface area contributed by atoms with Crippen molar-refractivity contribution in [3.8, 4) is 0 Å². The minimum absolute atomic E-state index is 0.349. The lowest BCUT2D eigenvalue weighted by atomic mass is 10.0. The van der Waals surface area contributed by atoms with Crippen LogP contribution in [0.15, 0.2) is 30.3 Å². The van der Waals surface area contributed by atoms with E-state index >= 15 is 0 Å². The highest BCUT2D eigenvalue weighted by Crippen LogP contribution is 2.15. The molecule has 2 N–H and O–H groups in total. The normalized spacial score (nSPS) is 12.8. The molecule has 1 atom stereocenters. The first-order valence-electron chi connectivity index (χ1n) is 7.28. The molecular weight excluding hydrogens is 264 g/mol. The average Bonchev–Trinajstić information content (AvgIpc) is 2.42. The summed E-state index contributed by atoms with van der Waals surface area (Å²) in [5.74, 6) is -0.441. The maximum Gasteiger partial charge on any atom is 0.320 e. The number of fused-ring (bicyclic) bond motifs is 1. The Labute approximate surface area is 125 Å². The summed E-state index contributed by atoms with van der Waals surface area (Å²) in [5.41, 5.74) is 3.04. The summed E-state index contributed by atoms with van der Waals surface area (Å²) < 4.78 is 0. The molecule has 1 aromatic heterocycles. The van der Waals surface area contributed by atoms with Crippen molar-refractivity contribution in [2.75, 3.05) is 0 Å². The molecule has 0 radical (unpaired) electrons. The first kappa shape index (κ1) is 15.4. The number of nitrogens with one attached hydrogen (secondary N) is 1. The lowest BCUT2D eigenvalue weighted by Gasteiger charge is -2.16. The van der Waals surface area contributed by atoms with E-state index in [4.69, 9.17) is 0 Å². The molecule has 0 aliphatic heterocycles. The van der Waals surface area contributed by atoms with Crippen LogP contribution < -0.4 is 5.32 Å². The number of carbonyl (C=O) groups is 1. The van der Waals surface area contributed by atoms with Gasteiger partial charge in [-0.3, -0.25) is 9.78 Å². The van der Waals surface area contributed by atoms with Gasteiger partial charge < -0.3 is 10.4 Å². The van der Waals surface area contributed by atoms with Gasteiger partial charge in [0.15, 0.2) is 0 Å². The van der Waals surface area contributed by atoms with Crippen molar-refractivity contribution in [1.82, 2.24) is 10.3 Å². The molecule has 0 spiro atoms. The fraction of sp³-hybridized carbons (Fsp3) is 0.412. The van der Waals surface area contributed by atoms with Crippen LogP contribution in [0.3, 0.4) is 0 Å². The molecule has 0 unspecified atom stereocenters. The van der Waals surface area contributed by atoms with E-state index in [9.17, 15) is 9.90 Å². The van der Waals surface area contributed by atoms with E-state index in [1.165, 1.54) is 0 Å². The molecule has 2 rings (SSSR count). The molecule has 0 aliphatic carbocycles. The molecule has 112 valence electrons. The second kappa shape index (κ2) is 6.68. The van der Waals surface area contributed by atoms with Crippen LogP contribution in [-0.2, 0) is 11.3 Å². The Kier molecular flexibility index (Phi) is 4.91. The number of pyridine rings is 1. The van der Waals surface area contributed by atoms with E-state index in [-0.39, 0.29) is 0 Å². The Balaban J connectivity index is 2.08. The molecule has 1 heterocycles. The Hall–Kier alpha value is -1.94. The molecule has 0 saturated carbocycles. The Morgan fingerprint density at radius 2 is 2.05 bits per heavy atom. The van der Waals surface area contributed by atoms with Gasteiger partial charge in [-0.2, -0.15) is 0 Å². The smallest absolute Gasteiger partial charge is 0.320 e. The number of carboxylic acids is 1. The van der Waals surface area contributed by atoms with Crippen LogP contribution in [0.4, 0.5) is 0 Å². The summed E-state index contributed by atoms with van der Waals surface area (Å²) in [7, 11) is 0. The van der Waals surface area contributed by atoms with Gasteiger partial charge in [0.05, 0.1) is 5.52 Å². The number of carboxylic acid groups (broad SMARTS) is 1. The summed E-state index contributed by atoms with van der Waals surface area (Å²) in [4.78, 5) is 15.7. The lowest BCUT2D eigenvalue weighted by molar-refractivity contribution is -0.140. The van der Waals surface area contributed by atoms with E-state index in [0.717, 1.165) is 22.2 Å². The van der Waals surface area contributed by atoms with E-state index < -0.39 is 12.0 Å². The van der Waals surface area contributed by atoms with Crippen molar-refractivity contribution >= 4 is 16.9 Å². The number of aryl methyl sites for hydroxylation is 1. The third kappa shape index (κ3) is 4.26. The van der Waals surface area contributed by atoms with Crippen LogP contribution >= 0.6 is 0 Å². The van der Waals surface area contributed by atoms with Gasteiger partial charge in [0.1, 0.15) is 6.04 Å². The van der Waals surface area contributed by atoms with Gasteiger partial charge in [-0.1, -0.05) is 26.0 Å². The maximum atomic E-state index is 11.2. The number of hydrogen-bond donors (Lipinski definition) is 2. The van der Waals surface area contributed by atoms with Crippen LogP contribution in [0, 0.1) is 12.8 Å². The minimum atomic E-state index is -0.790. The van der Waals surface area contributed by atoms with Gasteiger partial charge in [0.2, 0.25) is 0 Å². The van der Waals surface area contributed by atoms with Gasteiger partial charge >= 0.3 is 5.97 Å². The second-order valence-corrected chi connectivity index (χ2v) is 5.88. The van der Waals surface area contributed by atoms with Gasteiger partial charge in [0, 0.05) is 17.6 Å². The predicted molar refractivity (Wildman–Crippen MR) is 84.2 cm³/mol. The lowest BCUT2D eigenvalue weighted by Crippen LogP contribution is -2.37. The standard InChI is InChI=1S/C17H22N2O2/c1-11(2)8-16(17(20)21)18-10-13-5-7-15-14(9-13)6-4-12(3)19-15/h4-7,9,11,16,18H,8,10H2,1-3H3,(H,20,21)/t16-/m0/s1. The summed E-state index contributed by atoms with van der Waals surface area (Å²) in [6, 6.07) is 9.57. The van der Waals surface area contributed by atoms with E-state index in [0.29, 0.717) is 18.9 Å². The van der Waals surface area contributed by atoms with Gasteiger partial charge in [-0.25, -0.2) is 0 Å². The van der Waals surface area contributed by atoms with Crippen molar-refractivity contribution in [3.63, 3.8) is 0 Å². The van der Waals surface area contributed by atoms with E-state index in [1.807, 2.05) is 45.0 Å². The summed E-state index contributed by atoms with van der Waals surface area (Å²) in [6.45, 7) is 6.58. The third-order valence-electron chi connectivity index (χ3n) is 3.45. The van der Waals surface area contributed by atoms with Crippen LogP contribution in [0.1, 0.15) is 31.5 Å². The first-order valence-corrected chi connectivity index (χ1v) is 7.28. The van der Waals surface area contributed by atoms with Crippen molar-refractivity contribution in [3.05, 3.63) is 41.6 Å². The molecule has 0 aliphatic rings. The Bertz CT molecular complexity index is 638. The monoisotopic (exact) mass is 286 g/mol. The predicted octanol–water partition coefficient (Wildman–Crippen LogP) is 3.13. The summed E-state index contributed by atoms with van der Waals surface area (Å²) >= 11 is 0. The number of benzene rings is 1. The first-order chi connectivity index (χ1) is 9.95. The number of nitrogens with zero attached hydrogens (tertiary/aromatic N) is 1. The molecule has 0 saturated heterocycles. The Morgan fingerprint density at radius 3 is 2.71 bits per heavy atom.